The van der Waals surface area contributed by atoms with E-state index in [-0.39, 0.29) is 0 Å². The van der Waals surface area contributed by atoms with Crippen molar-refractivity contribution in [3.63, 3.8) is 0 Å². The summed E-state index contributed by atoms with van der Waals surface area (Å²) < 4.78 is 22.3. The second-order valence-corrected chi connectivity index (χ2v) is 12.0. The average molecular weight is 497 g/mol. The van der Waals surface area contributed by atoms with E-state index in [1.165, 1.54) is 25.7 Å². The number of ether oxygens (including phenoxy) is 4. The van der Waals surface area contributed by atoms with Crippen molar-refractivity contribution >= 4 is 48.8 Å². The van der Waals surface area contributed by atoms with E-state index in [2.05, 4.69) is 48.8 Å². The molecule has 176 valence electrons. The number of thioether (sulfide) groups is 2. The van der Waals surface area contributed by atoms with Crippen LogP contribution in [0.3, 0.4) is 0 Å². The Bertz CT molecular complexity index is 459. The molecule has 6 atom stereocenters. The highest BCUT2D eigenvalue weighted by Crippen LogP contribution is 2.63. The molecule has 4 nitrogen and oxygen atoms in total. The summed E-state index contributed by atoms with van der Waals surface area (Å²) in [6.07, 6.45) is 5.83. The standard InChI is InChI=1S/C22H40O4S4/c27-11-7-23-3-5-25-9-13-29-20-2-1-18-17-15-19(22(18)20)21(16-17)30-14-10-26-6-4-24-8-12-28/h17-22,27-28H,1-16H2. The Labute approximate surface area is 202 Å². The SMILES string of the molecule is SCCOCCOCCSC1CC2CC1C1C(SCCOCCOCCS)CCC21. The van der Waals surface area contributed by atoms with Crippen LogP contribution in [0.1, 0.15) is 25.7 Å². The molecule has 3 saturated carbocycles. The average Bonchev–Trinajstić information content (AvgIpc) is 3.45. The Morgan fingerprint density at radius 3 is 1.77 bits per heavy atom. The summed E-state index contributed by atoms with van der Waals surface area (Å²) in [7, 11) is 0. The van der Waals surface area contributed by atoms with Crippen molar-refractivity contribution in [2.24, 2.45) is 23.7 Å². The van der Waals surface area contributed by atoms with Crippen LogP contribution in [0.4, 0.5) is 0 Å². The van der Waals surface area contributed by atoms with Crippen LogP contribution in [0.2, 0.25) is 0 Å². The number of rotatable bonds is 18. The number of hydrogen-bond acceptors (Lipinski definition) is 8. The third kappa shape index (κ3) is 7.93. The van der Waals surface area contributed by atoms with E-state index in [1.54, 1.807) is 0 Å². The summed E-state index contributed by atoms with van der Waals surface area (Å²) in [5, 5.41) is 1.72. The van der Waals surface area contributed by atoms with Crippen molar-refractivity contribution in [2.75, 3.05) is 75.9 Å². The monoisotopic (exact) mass is 496 g/mol. The van der Waals surface area contributed by atoms with Crippen molar-refractivity contribution in [3.05, 3.63) is 0 Å². The molecule has 30 heavy (non-hydrogen) atoms. The van der Waals surface area contributed by atoms with Crippen LogP contribution in [-0.2, 0) is 18.9 Å². The zero-order chi connectivity index (χ0) is 21.0. The fourth-order valence-electron chi connectivity index (χ4n) is 5.66. The molecule has 3 aliphatic carbocycles. The van der Waals surface area contributed by atoms with Crippen molar-refractivity contribution in [2.45, 2.75) is 36.2 Å². The molecule has 0 radical (unpaired) electrons. The smallest absolute Gasteiger partial charge is 0.0700 e. The van der Waals surface area contributed by atoms with Crippen LogP contribution in [0.5, 0.6) is 0 Å². The van der Waals surface area contributed by atoms with E-state index in [0.29, 0.717) is 39.6 Å². The first kappa shape index (κ1) is 25.9. The van der Waals surface area contributed by atoms with Gasteiger partial charge in [0.25, 0.3) is 0 Å². The molecule has 0 heterocycles. The van der Waals surface area contributed by atoms with Gasteiger partial charge in [-0.1, -0.05) is 0 Å². The molecule has 3 rings (SSSR count). The van der Waals surface area contributed by atoms with E-state index in [4.69, 9.17) is 18.9 Å². The normalized spacial score (nSPS) is 32.2. The zero-order valence-corrected chi connectivity index (χ0v) is 21.5. The molecule has 0 aromatic heterocycles. The van der Waals surface area contributed by atoms with Gasteiger partial charge in [0.15, 0.2) is 0 Å². The molecule has 0 N–H and O–H groups in total. The summed E-state index contributed by atoms with van der Waals surface area (Å²) >= 11 is 12.6. The number of fused-ring (bicyclic) bond motifs is 5. The summed E-state index contributed by atoms with van der Waals surface area (Å²) in [5.41, 5.74) is 0. The van der Waals surface area contributed by atoms with Crippen molar-refractivity contribution in [3.8, 4) is 0 Å². The molecule has 3 aliphatic rings. The summed E-state index contributed by atoms with van der Waals surface area (Å²) in [5.74, 6) is 7.72. The van der Waals surface area contributed by atoms with Crippen LogP contribution in [0.15, 0.2) is 0 Å². The Hall–Kier alpha value is 1.24. The largest absolute Gasteiger partial charge is 0.378 e. The highest BCUT2D eigenvalue weighted by molar-refractivity contribution is 8.00. The first-order valence-electron chi connectivity index (χ1n) is 11.6. The van der Waals surface area contributed by atoms with Gasteiger partial charge in [0.1, 0.15) is 0 Å². The first-order valence-corrected chi connectivity index (χ1v) is 15.0. The Morgan fingerprint density at radius 1 is 0.600 bits per heavy atom. The molecule has 6 unspecified atom stereocenters. The maximum absolute atomic E-state index is 5.74. The predicted molar refractivity (Wildman–Crippen MR) is 136 cm³/mol. The summed E-state index contributed by atoms with van der Waals surface area (Å²) in [6.45, 7) is 5.92. The van der Waals surface area contributed by atoms with Gasteiger partial charge in [0.05, 0.1) is 52.9 Å². The maximum atomic E-state index is 5.74. The minimum absolute atomic E-state index is 0.689. The van der Waals surface area contributed by atoms with Crippen LogP contribution >= 0.6 is 48.8 Å². The van der Waals surface area contributed by atoms with Gasteiger partial charge in [-0.15, -0.1) is 0 Å². The third-order valence-corrected chi connectivity index (χ3v) is 9.85. The van der Waals surface area contributed by atoms with Gasteiger partial charge in [-0.2, -0.15) is 48.8 Å². The van der Waals surface area contributed by atoms with Gasteiger partial charge in [-0.3, -0.25) is 0 Å². The van der Waals surface area contributed by atoms with Gasteiger partial charge in [0, 0.05) is 33.5 Å². The van der Waals surface area contributed by atoms with Crippen LogP contribution < -0.4 is 0 Å². The molecule has 0 spiro atoms. The lowest BCUT2D eigenvalue weighted by Crippen LogP contribution is -2.31. The van der Waals surface area contributed by atoms with Crippen LogP contribution in [0, 0.1) is 23.7 Å². The minimum Gasteiger partial charge on any atom is -0.378 e. The summed E-state index contributed by atoms with van der Waals surface area (Å²) in [6, 6.07) is 0. The van der Waals surface area contributed by atoms with Gasteiger partial charge in [-0.05, 0) is 49.4 Å². The molecule has 0 aliphatic heterocycles. The highest BCUT2D eigenvalue weighted by atomic mass is 32.2. The van der Waals surface area contributed by atoms with Crippen LogP contribution in [0.25, 0.3) is 0 Å². The maximum Gasteiger partial charge on any atom is 0.0700 e. The first-order chi connectivity index (χ1) is 14.8. The van der Waals surface area contributed by atoms with Crippen molar-refractivity contribution < 1.29 is 18.9 Å². The second-order valence-electron chi connectivity index (χ2n) is 8.43. The molecule has 0 saturated heterocycles. The molecule has 0 aromatic carbocycles. The van der Waals surface area contributed by atoms with E-state index in [9.17, 15) is 0 Å². The zero-order valence-electron chi connectivity index (χ0n) is 18.1. The van der Waals surface area contributed by atoms with Gasteiger partial charge >= 0.3 is 0 Å². The topological polar surface area (TPSA) is 36.9 Å². The Balaban J connectivity index is 1.26. The molecular weight excluding hydrogens is 457 g/mol. The lowest BCUT2D eigenvalue weighted by Gasteiger charge is -2.34. The predicted octanol–water partition coefficient (Wildman–Crippen LogP) is 4.18. The highest BCUT2D eigenvalue weighted by Gasteiger charge is 2.57. The van der Waals surface area contributed by atoms with Crippen molar-refractivity contribution in [1.82, 2.24) is 0 Å². The lowest BCUT2D eigenvalue weighted by molar-refractivity contribution is 0.0605. The fraction of sp³-hybridized carbons (Fsp3) is 1.00. The Morgan fingerprint density at radius 2 is 1.17 bits per heavy atom. The van der Waals surface area contributed by atoms with Gasteiger partial charge in [-0.25, -0.2) is 0 Å². The second kappa shape index (κ2) is 15.2. The molecule has 0 amide bonds. The van der Waals surface area contributed by atoms with E-state index < -0.39 is 0 Å². The van der Waals surface area contributed by atoms with Crippen LogP contribution in [-0.4, -0.2) is 86.4 Å². The third-order valence-electron chi connectivity index (χ3n) is 6.73. The van der Waals surface area contributed by atoms with Gasteiger partial charge in [0.2, 0.25) is 0 Å². The molecule has 8 heteroatoms. The van der Waals surface area contributed by atoms with Crippen molar-refractivity contribution in [1.29, 1.82) is 0 Å². The van der Waals surface area contributed by atoms with Gasteiger partial charge < -0.3 is 18.9 Å². The molecule has 2 bridgehead atoms. The summed E-state index contributed by atoms with van der Waals surface area (Å²) in [4.78, 5) is 0. The molecule has 3 fully saturated rings. The lowest BCUT2D eigenvalue weighted by atomic mass is 9.81. The minimum atomic E-state index is 0.689. The number of thiol groups is 2. The van der Waals surface area contributed by atoms with E-state index in [1.807, 2.05) is 0 Å². The van der Waals surface area contributed by atoms with E-state index >= 15 is 0 Å². The molecule has 0 aromatic rings. The fourth-order valence-corrected chi connectivity index (χ4v) is 8.81. The molecular formula is C22H40O4S4. The number of hydrogen-bond donors (Lipinski definition) is 2. The quantitative estimate of drug-likeness (QED) is 0.219. The van der Waals surface area contributed by atoms with E-state index in [0.717, 1.165) is 70.4 Å². The Kier molecular flexibility index (Phi) is 13.1.